The van der Waals surface area contributed by atoms with Gasteiger partial charge in [-0.05, 0) is 0 Å². The van der Waals surface area contributed by atoms with Gasteiger partial charge in [-0.1, -0.05) is 34.3 Å². The first-order valence-corrected chi connectivity index (χ1v) is 6.39. The van der Waals surface area contributed by atoms with Crippen molar-refractivity contribution in [1.29, 1.82) is 0 Å². The minimum atomic E-state index is 0. The smallest absolute Gasteiger partial charge is 0 e. The average molecular weight is 402 g/mol. The maximum atomic E-state index is 6.12. The summed E-state index contributed by atoms with van der Waals surface area (Å²) in [4.78, 5) is 2.03. The molecule has 0 spiro atoms. The van der Waals surface area contributed by atoms with E-state index in [9.17, 15) is 0 Å². The second-order valence-corrected chi connectivity index (χ2v) is 5.39. The van der Waals surface area contributed by atoms with Gasteiger partial charge in [0.25, 0.3) is 0 Å². The van der Waals surface area contributed by atoms with Crippen LogP contribution in [-0.2, 0) is 51.3 Å². The van der Waals surface area contributed by atoms with Crippen LogP contribution in [0, 0.1) is 26.0 Å². The summed E-state index contributed by atoms with van der Waals surface area (Å²) in [7, 11) is 0. The molecule has 0 aliphatic carbocycles. The van der Waals surface area contributed by atoms with Crippen LogP contribution in [0.4, 0.5) is 5.69 Å². The molecule has 0 unspecified atom stereocenters. The van der Waals surface area contributed by atoms with Gasteiger partial charge in [-0.15, -0.1) is 17.8 Å². The number of nitrogen functional groups attached to an aromatic ring is 1. The van der Waals surface area contributed by atoms with Crippen molar-refractivity contribution in [2.24, 2.45) is 0 Å². The summed E-state index contributed by atoms with van der Waals surface area (Å²) < 4.78 is 0. The van der Waals surface area contributed by atoms with E-state index in [4.69, 9.17) is 17.3 Å². The largest absolute Gasteiger partial charge is 0.449 e. The first-order chi connectivity index (χ1) is 8.04. The second-order valence-electron chi connectivity index (χ2n) is 3.89. The van der Waals surface area contributed by atoms with Gasteiger partial charge in [-0.25, -0.2) is 0 Å². The number of aryl methyl sites for hydroxylation is 2. The molecule has 2 N–H and O–H groups in total. The number of hydrogen-bond donors (Lipinski definition) is 1. The number of benzene rings is 2. The van der Waals surface area contributed by atoms with Gasteiger partial charge in [-0.3, -0.25) is 0 Å². The van der Waals surface area contributed by atoms with E-state index < -0.39 is 0 Å². The van der Waals surface area contributed by atoms with E-state index in [1.807, 2.05) is 13.8 Å². The molecule has 19 heavy (non-hydrogen) atoms. The minimum Gasteiger partial charge on any atom is -0.449 e. The van der Waals surface area contributed by atoms with Gasteiger partial charge in [0.2, 0.25) is 0 Å². The van der Waals surface area contributed by atoms with Gasteiger partial charge in [-0.2, -0.15) is 53.1 Å². The first kappa shape index (κ1) is 19.6. The van der Waals surface area contributed by atoms with Crippen LogP contribution >= 0.6 is 23.4 Å². The number of halogens is 1. The maximum Gasteiger partial charge on any atom is 0 e. The van der Waals surface area contributed by atoms with Crippen molar-refractivity contribution >= 4 is 29.1 Å². The number of hydrogen-bond acceptors (Lipinski definition) is 2. The van der Waals surface area contributed by atoms with Crippen LogP contribution in [0.1, 0.15) is 11.1 Å². The van der Waals surface area contributed by atoms with Crippen LogP contribution in [-0.4, -0.2) is 0 Å². The van der Waals surface area contributed by atoms with Crippen molar-refractivity contribution in [2.75, 3.05) is 5.73 Å². The standard InChI is InChI=1S/C14H12ClNS.V.Y/c1-9-5-10(2)7-12(6-9)17-14-4-3-11(16)8-13(14)15;;/h3,6-8H,16H2,1-2H3;;/q-2;;. The Kier molecular flexibility index (Phi) is 9.03. The van der Waals surface area contributed by atoms with E-state index in [-0.39, 0.29) is 51.3 Å². The SMILES string of the molecule is Cc1[c-]c(C)cc(Sc2[c-]cc(N)cc2Cl)c1.[V].[Y]. The van der Waals surface area contributed by atoms with E-state index in [2.05, 4.69) is 24.3 Å². The molecule has 0 amide bonds. The molecule has 0 saturated heterocycles. The zero-order chi connectivity index (χ0) is 12.4. The predicted molar refractivity (Wildman–Crippen MR) is 73.6 cm³/mol. The minimum absolute atomic E-state index is 0. The summed E-state index contributed by atoms with van der Waals surface area (Å²) in [5.74, 6) is 0. The molecule has 0 saturated carbocycles. The van der Waals surface area contributed by atoms with E-state index >= 15 is 0 Å². The molecule has 0 aliphatic heterocycles. The Morgan fingerprint density at radius 2 is 1.74 bits per heavy atom. The summed E-state index contributed by atoms with van der Waals surface area (Å²) in [6.45, 7) is 4.07. The molecule has 0 bridgehead atoms. The summed E-state index contributed by atoms with van der Waals surface area (Å²) in [6.07, 6.45) is 0. The summed E-state index contributed by atoms with van der Waals surface area (Å²) in [5.41, 5.74) is 8.52. The average Bonchev–Trinajstić information content (AvgIpc) is 2.21. The Hall–Kier alpha value is 0.568. The Morgan fingerprint density at radius 1 is 1.16 bits per heavy atom. The van der Waals surface area contributed by atoms with Gasteiger partial charge >= 0.3 is 0 Å². The fraction of sp³-hybridized carbons (Fsp3) is 0.143. The van der Waals surface area contributed by atoms with Gasteiger partial charge < -0.3 is 5.73 Å². The number of rotatable bonds is 2. The zero-order valence-corrected chi connectivity index (χ0v) is 16.5. The zero-order valence-electron chi connectivity index (χ0n) is 10.7. The molecule has 2 aromatic carbocycles. The number of nitrogens with two attached hydrogens (primary N) is 1. The van der Waals surface area contributed by atoms with Crippen LogP contribution in [0.2, 0.25) is 5.02 Å². The summed E-state index contributed by atoms with van der Waals surface area (Å²) in [6, 6.07) is 14.0. The van der Waals surface area contributed by atoms with Gasteiger partial charge in [0.1, 0.15) is 0 Å². The molecule has 0 aromatic heterocycles. The molecule has 1 nitrogen and oxygen atoms in total. The molecule has 0 fully saturated rings. The molecule has 96 valence electrons. The van der Waals surface area contributed by atoms with Crippen molar-refractivity contribution < 1.29 is 51.3 Å². The maximum absolute atomic E-state index is 6.12. The molecule has 5 heteroatoms. The molecule has 0 heterocycles. The molecule has 2 radical (unpaired) electrons. The van der Waals surface area contributed by atoms with Crippen LogP contribution in [0.3, 0.4) is 0 Å². The topological polar surface area (TPSA) is 26.0 Å². The molecular formula is C14H12ClNSVY-2. The predicted octanol–water partition coefficient (Wildman–Crippen LogP) is 4.29. The third-order valence-corrected chi connectivity index (χ3v) is 3.64. The summed E-state index contributed by atoms with van der Waals surface area (Å²) in [5, 5.41) is 0.637. The third kappa shape index (κ3) is 5.83. The molecule has 0 atom stereocenters. The van der Waals surface area contributed by atoms with Gasteiger partial charge in [0.15, 0.2) is 0 Å². The first-order valence-electron chi connectivity index (χ1n) is 5.20. The monoisotopic (exact) mass is 401 g/mol. The van der Waals surface area contributed by atoms with Crippen molar-refractivity contribution in [2.45, 2.75) is 23.6 Å². The van der Waals surface area contributed by atoms with Crippen LogP contribution in [0.25, 0.3) is 0 Å². The fourth-order valence-electron chi connectivity index (χ4n) is 1.58. The second kappa shape index (κ2) is 8.77. The van der Waals surface area contributed by atoms with Gasteiger partial charge in [0.05, 0.1) is 0 Å². The van der Waals surface area contributed by atoms with Crippen LogP contribution < -0.4 is 5.73 Å². The van der Waals surface area contributed by atoms with Crippen molar-refractivity contribution in [3.63, 3.8) is 0 Å². The van der Waals surface area contributed by atoms with E-state index in [1.165, 1.54) is 0 Å². The fourth-order valence-corrected chi connectivity index (χ4v) is 2.86. The third-order valence-electron chi connectivity index (χ3n) is 2.21. The molecule has 2 rings (SSSR count). The van der Waals surface area contributed by atoms with E-state index in [0.29, 0.717) is 10.7 Å². The Balaban J connectivity index is 0.00000162. The van der Waals surface area contributed by atoms with E-state index in [0.717, 1.165) is 20.9 Å². The molecule has 2 aromatic rings. The molecule has 0 aliphatic rings. The van der Waals surface area contributed by atoms with Crippen molar-refractivity contribution in [3.8, 4) is 0 Å². The van der Waals surface area contributed by atoms with E-state index in [1.54, 1.807) is 23.9 Å². The van der Waals surface area contributed by atoms with Crippen LogP contribution in [0.15, 0.2) is 34.1 Å². The normalized spacial score (nSPS) is 9.42. The Bertz CT molecular complexity index is 543. The quantitative estimate of drug-likeness (QED) is 0.600. The molecular weight excluding hydrogens is 390 g/mol. The van der Waals surface area contributed by atoms with Crippen molar-refractivity contribution in [3.05, 3.63) is 52.5 Å². The number of anilines is 1. The van der Waals surface area contributed by atoms with Gasteiger partial charge in [0, 0.05) is 51.3 Å². The Labute approximate surface area is 160 Å². The Morgan fingerprint density at radius 3 is 2.26 bits per heavy atom. The van der Waals surface area contributed by atoms with Crippen molar-refractivity contribution in [1.82, 2.24) is 0 Å². The summed E-state index contributed by atoms with van der Waals surface area (Å²) >= 11 is 7.71. The van der Waals surface area contributed by atoms with Crippen LogP contribution in [0.5, 0.6) is 0 Å².